The lowest BCUT2D eigenvalue weighted by atomic mass is 10.0. The third-order valence-corrected chi connectivity index (χ3v) is 7.33. The quantitative estimate of drug-likeness (QED) is 0.145. The first-order chi connectivity index (χ1) is 17.1. The monoisotopic (exact) mass is 502 g/mol. The molecule has 2 aromatic carbocycles. The topological polar surface area (TPSA) is 55.8 Å². The molecule has 0 fully saturated rings. The summed E-state index contributed by atoms with van der Waals surface area (Å²) in [5, 5.41) is 0. The molecule has 0 aromatic heterocycles. The van der Waals surface area contributed by atoms with E-state index in [1.54, 1.807) is 12.1 Å². The molecule has 0 atom stereocenters. The van der Waals surface area contributed by atoms with E-state index < -0.39 is 7.82 Å². The summed E-state index contributed by atoms with van der Waals surface area (Å²) in [4.78, 5) is 10.6. The fraction of sp³-hybridized carbons (Fsp3) is 0.600. The minimum Gasteiger partial charge on any atom is -0.395 e. The maximum Gasteiger partial charge on any atom is 0.584 e. The van der Waals surface area contributed by atoms with Gasteiger partial charge in [0.2, 0.25) is 0 Å². The Balaban J connectivity index is 1.86. The van der Waals surface area contributed by atoms with Gasteiger partial charge in [-0.1, -0.05) is 127 Å². The summed E-state index contributed by atoms with van der Waals surface area (Å²) in [6.45, 7) is 4.46. The highest BCUT2D eigenvalue weighted by Gasteiger charge is 2.27. The second-order valence-corrected chi connectivity index (χ2v) is 10.9. The zero-order chi connectivity index (χ0) is 25.2. The van der Waals surface area contributed by atoms with Crippen molar-refractivity contribution in [3.8, 4) is 11.5 Å². The summed E-state index contributed by atoms with van der Waals surface area (Å²) in [5.41, 5.74) is 1.91. The molecule has 0 radical (unpaired) electrons. The van der Waals surface area contributed by atoms with Crippen LogP contribution in [0.4, 0.5) is 0 Å². The molecule has 0 bridgehead atoms. The Morgan fingerprint density at radius 2 is 0.914 bits per heavy atom. The molecule has 1 N–H and O–H groups in total. The number of benzene rings is 2. The zero-order valence-corrected chi connectivity index (χ0v) is 22.9. The Labute approximate surface area is 214 Å². The van der Waals surface area contributed by atoms with Crippen LogP contribution in [0.3, 0.4) is 0 Å². The Morgan fingerprint density at radius 1 is 0.571 bits per heavy atom. The van der Waals surface area contributed by atoms with Crippen molar-refractivity contribution in [1.29, 1.82) is 0 Å². The average Bonchev–Trinajstić information content (AvgIpc) is 2.84. The summed E-state index contributed by atoms with van der Waals surface area (Å²) in [6, 6.07) is 15.0. The highest BCUT2D eigenvalue weighted by Crippen LogP contribution is 2.46. The van der Waals surface area contributed by atoms with E-state index in [1.807, 2.05) is 36.4 Å². The third-order valence-electron chi connectivity index (χ3n) is 6.47. The molecule has 0 aliphatic rings. The number of phosphoric acid groups is 1. The van der Waals surface area contributed by atoms with Gasteiger partial charge in [-0.15, -0.1) is 0 Å². The zero-order valence-electron chi connectivity index (χ0n) is 22.1. The Morgan fingerprint density at radius 3 is 1.31 bits per heavy atom. The molecule has 2 aromatic rings. The largest absolute Gasteiger partial charge is 0.584 e. The fourth-order valence-corrected chi connectivity index (χ4v) is 5.30. The standard InChI is InChI=1S/C30H47O4P/c1-3-5-7-9-11-13-15-21-27-23-17-19-25-29(27)33-35(31,32)34-30-26-20-18-24-28(30)22-16-14-12-10-8-6-4-2/h17-20,23-26H,3-16,21-22H2,1-2H3,(H,31,32). The fourth-order valence-electron chi connectivity index (χ4n) is 4.41. The number of para-hydroxylation sites is 2. The van der Waals surface area contributed by atoms with E-state index in [2.05, 4.69) is 13.8 Å². The second-order valence-electron chi connectivity index (χ2n) is 9.61. The van der Waals surface area contributed by atoms with Gasteiger partial charge in [0, 0.05) is 0 Å². The van der Waals surface area contributed by atoms with E-state index >= 15 is 0 Å². The molecular weight excluding hydrogens is 455 g/mol. The van der Waals surface area contributed by atoms with E-state index in [4.69, 9.17) is 9.05 Å². The van der Waals surface area contributed by atoms with Gasteiger partial charge in [-0.25, -0.2) is 4.57 Å². The molecule has 196 valence electrons. The molecule has 0 aliphatic carbocycles. The Kier molecular flexibility index (Phi) is 14.8. The predicted octanol–water partition coefficient (Wildman–Crippen LogP) is 9.83. The molecule has 35 heavy (non-hydrogen) atoms. The van der Waals surface area contributed by atoms with Crippen molar-refractivity contribution < 1.29 is 18.5 Å². The number of unbranched alkanes of at least 4 members (excludes halogenated alkanes) is 12. The summed E-state index contributed by atoms with van der Waals surface area (Å²) in [5.74, 6) is 0.878. The normalized spacial score (nSPS) is 11.5. The number of hydrogen-bond acceptors (Lipinski definition) is 3. The molecular formula is C30H47O4P. The lowest BCUT2D eigenvalue weighted by Crippen LogP contribution is -2.03. The van der Waals surface area contributed by atoms with Gasteiger partial charge in [0.15, 0.2) is 0 Å². The summed E-state index contributed by atoms with van der Waals surface area (Å²) in [7, 11) is -4.31. The van der Waals surface area contributed by atoms with Crippen molar-refractivity contribution in [3.05, 3.63) is 59.7 Å². The van der Waals surface area contributed by atoms with Crippen LogP contribution in [0.5, 0.6) is 11.5 Å². The Bertz CT molecular complexity index is 799. The van der Waals surface area contributed by atoms with Gasteiger partial charge in [0.1, 0.15) is 11.5 Å². The molecule has 0 heterocycles. The molecule has 0 saturated heterocycles. The van der Waals surface area contributed by atoms with E-state index in [0.717, 1.165) is 49.7 Å². The minimum atomic E-state index is -4.31. The van der Waals surface area contributed by atoms with Crippen molar-refractivity contribution in [3.63, 3.8) is 0 Å². The maximum absolute atomic E-state index is 12.9. The van der Waals surface area contributed by atoms with Crippen molar-refractivity contribution in [2.45, 2.75) is 117 Å². The number of aryl methyl sites for hydroxylation is 2. The summed E-state index contributed by atoms with van der Waals surface area (Å²) < 4.78 is 24.1. The van der Waals surface area contributed by atoms with Crippen LogP contribution in [-0.2, 0) is 17.4 Å². The van der Waals surface area contributed by atoms with Gasteiger partial charge in [0.25, 0.3) is 0 Å². The molecule has 0 aliphatic heterocycles. The lowest BCUT2D eigenvalue weighted by Gasteiger charge is -2.18. The molecule has 0 spiro atoms. The molecule has 4 nitrogen and oxygen atoms in total. The van der Waals surface area contributed by atoms with Gasteiger partial charge in [-0.2, -0.15) is 0 Å². The number of hydrogen-bond donors (Lipinski definition) is 1. The van der Waals surface area contributed by atoms with Crippen molar-refractivity contribution >= 4 is 7.82 Å². The number of phosphoric ester groups is 1. The van der Waals surface area contributed by atoms with Gasteiger partial charge >= 0.3 is 7.82 Å². The number of rotatable bonds is 20. The summed E-state index contributed by atoms with van der Waals surface area (Å²) in [6.07, 6.45) is 18.9. The minimum absolute atomic E-state index is 0.439. The first kappa shape index (κ1) is 29.5. The maximum atomic E-state index is 12.9. The highest BCUT2D eigenvalue weighted by molar-refractivity contribution is 7.48. The highest BCUT2D eigenvalue weighted by atomic mass is 31.2. The first-order valence-electron chi connectivity index (χ1n) is 13.9. The molecule has 0 saturated carbocycles. The first-order valence-corrected chi connectivity index (χ1v) is 15.4. The van der Waals surface area contributed by atoms with Gasteiger partial charge in [-0.05, 0) is 48.9 Å². The smallest absolute Gasteiger partial charge is 0.395 e. The van der Waals surface area contributed by atoms with Crippen LogP contribution in [0.1, 0.15) is 115 Å². The molecule has 0 amide bonds. The van der Waals surface area contributed by atoms with Crippen molar-refractivity contribution in [1.82, 2.24) is 0 Å². The Hall–Kier alpha value is -1.77. The molecule has 5 heteroatoms. The van der Waals surface area contributed by atoms with Crippen LogP contribution in [0.2, 0.25) is 0 Å². The van der Waals surface area contributed by atoms with Gasteiger partial charge in [-0.3, -0.25) is 4.89 Å². The van der Waals surface area contributed by atoms with Crippen molar-refractivity contribution in [2.75, 3.05) is 0 Å². The summed E-state index contributed by atoms with van der Waals surface area (Å²) >= 11 is 0. The lowest BCUT2D eigenvalue weighted by molar-refractivity contribution is 0.288. The van der Waals surface area contributed by atoms with Crippen LogP contribution >= 0.6 is 7.82 Å². The van der Waals surface area contributed by atoms with E-state index in [0.29, 0.717) is 11.5 Å². The van der Waals surface area contributed by atoms with E-state index in [9.17, 15) is 9.46 Å². The van der Waals surface area contributed by atoms with Crippen LogP contribution in [0.15, 0.2) is 48.5 Å². The average molecular weight is 503 g/mol. The second kappa shape index (κ2) is 17.6. The van der Waals surface area contributed by atoms with Crippen LogP contribution in [-0.4, -0.2) is 4.89 Å². The van der Waals surface area contributed by atoms with Crippen LogP contribution in [0, 0.1) is 0 Å². The van der Waals surface area contributed by atoms with E-state index in [1.165, 1.54) is 64.2 Å². The van der Waals surface area contributed by atoms with E-state index in [-0.39, 0.29) is 0 Å². The van der Waals surface area contributed by atoms with Gasteiger partial charge < -0.3 is 9.05 Å². The molecule has 2 rings (SSSR count). The molecule has 0 unspecified atom stereocenters. The van der Waals surface area contributed by atoms with Crippen molar-refractivity contribution in [2.24, 2.45) is 0 Å². The van der Waals surface area contributed by atoms with Crippen LogP contribution < -0.4 is 9.05 Å². The van der Waals surface area contributed by atoms with Crippen LogP contribution in [0.25, 0.3) is 0 Å². The predicted molar refractivity (Wildman–Crippen MR) is 147 cm³/mol. The van der Waals surface area contributed by atoms with Gasteiger partial charge in [0.05, 0.1) is 0 Å². The SMILES string of the molecule is CCCCCCCCCc1ccccc1OP(=O)(O)Oc1ccccc1CCCCCCCCC. The third kappa shape index (κ3) is 12.7.